The van der Waals surface area contributed by atoms with E-state index >= 15 is 0 Å². The SMILES string of the molecule is CC(c1ccccc1)N1CCN(C(C)C(O)c2ccccc2)CC1. The predicted octanol–water partition coefficient (Wildman–Crippen LogP) is 3.49. The molecule has 1 heterocycles. The highest BCUT2D eigenvalue weighted by Crippen LogP contribution is 2.25. The number of hydrogen-bond acceptors (Lipinski definition) is 3. The molecule has 3 rings (SSSR count). The summed E-state index contributed by atoms with van der Waals surface area (Å²) in [5.41, 5.74) is 2.38. The lowest BCUT2D eigenvalue weighted by atomic mass is 10.0. The van der Waals surface area contributed by atoms with Gasteiger partial charge in [0.15, 0.2) is 0 Å². The monoisotopic (exact) mass is 324 g/mol. The maximum atomic E-state index is 10.6. The average molecular weight is 324 g/mol. The van der Waals surface area contributed by atoms with Crippen molar-refractivity contribution < 1.29 is 5.11 Å². The van der Waals surface area contributed by atoms with Gasteiger partial charge in [-0.05, 0) is 25.0 Å². The summed E-state index contributed by atoms with van der Waals surface area (Å²) in [5.74, 6) is 0. The van der Waals surface area contributed by atoms with Crippen LogP contribution in [0.1, 0.15) is 37.1 Å². The minimum atomic E-state index is -0.427. The van der Waals surface area contributed by atoms with E-state index in [0.717, 1.165) is 31.7 Å². The number of benzene rings is 2. The first-order chi connectivity index (χ1) is 11.7. The minimum Gasteiger partial charge on any atom is -0.387 e. The quantitative estimate of drug-likeness (QED) is 0.912. The molecule has 0 saturated carbocycles. The maximum Gasteiger partial charge on any atom is 0.0942 e. The third kappa shape index (κ3) is 3.86. The summed E-state index contributed by atoms with van der Waals surface area (Å²) < 4.78 is 0. The maximum absolute atomic E-state index is 10.6. The zero-order valence-corrected chi connectivity index (χ0v) is 14.7. The summed E-state index contributed by atoms with van der Waals surface area (Å²) in [6, 6.07) is 21.3. The number of aliphatic hydroxyl groups excluding tert-OH is 1. The molecule has 24 heavy (non-hydrogen) atoms. The first-order valence-corrected chi connectivity index (χ1v) is 8.93. The molecule has 2 aromatic rings. The first-order valence-electron chi connectivity index (χ1n) is 8.93. The Morgan fingerprint density at radius 2 is 1.17 bits per heavy atom. The van der Waals surface area contributed by atoms with Crippen molar-refractivity contribution in [2.75, 3.05) is 26.2 Å². The molecule has 2 aromatic carbocycles. The van der Waals surface area contributed by atoms with E-state index in [1.165, 1.54) is 5.56 Å². The summed E-state index contributed by atoms with van der Waals surface area (Å²) >= 11 is 0. The van der Waals surface area contributed by atoms with Crippen LogP contribution in [-0.4, -0.2) is 47.1 Å². The van der Waals surface area contributed by atoms with Gasteiger partial charge in [-0.25, -0.2) is 0 Å². The zero-order valence-electron chi connectivity index (χ0n) is 14.7. The lowest BCUT2D eigenvalue weighted by molar-refractivity contribution is 0.0173. The van der Waals surface area contributed by atoms with E-state index in [2.05, 4.69) is 54.0 Å². The van der Waals surface area contributed by atoms with E-state index in [-0.39, 0.29) is 6.04 Å². The third-order valence-electron chi connectivity index (χ3n) is 5.35. The standard InChI is InChI=1S/C21H28N2O/c1-17(19-9-5-3-6-10-19)22-13-15-23(16-14-22)18(2)21(24)20-11-7-4-8-12-20/h3-12,17-18,21,24H,13-16H2,1-2H3. The molecule has 1 aliphatic rings. The molecule has 3 heteroatoms. The molecule has 0 radical (unpaired) electrons. The highest BCUT2D eigenvalue weighted by atomic mass is 16.3. The summed E-state index contributed by atoms with van der Waals surface area (Å²) in [4.78, 5) is 4.94. The van der Waals surface area contributed by atoms with Crippen LogP contribution >= 0.6 is 0 Å². The Kier molecular flexibility index (Phi) is 5.67. The van der Waals surface area contributed by atoms with Crippen LogP contribution in [-0.2, 0) is 0 Å². The van der Waals surface area contributed by atoms with Gasteiger partial charge >= 0.3 is 0 Å². The van der Waals surface area contributed by atoms with Gasteiger partial charge in [0.05, 0.1) is 6.10 Å². The molecular formula is C21H28N2O. The first kappa shape index (κ1) is 17.2. The van der Waals surface area contributed by atoms with Gasteiger partial charge in [0.1, 0.15) is 0 Å². The van der Waals surface area contributed by atoms with Gasteiger partial charge < -0.3 is 5.11 Å². The predicted molar refractivity (Wildman–Crippen MR) is 98.9 cm³/mol. The van der Waals surface area contributed by atoms with Crippen molar-refractivity contribution in [3.05, 3.63) is 71.8 Å². The van der Waals surface area contributed by atoms with Crippen molar-refractivity contribution in [2.24, 2.45) is 0 Å². The van der Waals surface area contributed by atoms with Gasteiger partial charge in [-0.2, -0.15) is 0 Å². The minimum absolute atomic E-state index is 0.140. The van der Waals surface area contributed by atoms with E-state index in [4.69, 9.17) is 0 Å². The fraction of sp³-hybridized carbons (Fsp3) is 0.429. The summed E-state index contributed by atoms with van der Waals surface area (Å²) in [7, 11) is 0. The van der Waals surface area contributed by atoms with Crippen molar-refractivity contribution in [3.8, 4) is 0 Å². The van der Waals surface area contributed by atoms with E-state index in [9.17, 15) is 5.11 Å². The fourth-order valence-corrected chi connectivity index (χ4v) is 3.60. The molecule has 0 spiro atoms. The molecule has 3 nitrogen and oxygen atoms in total. The van der Waals surface area contributed by atoms with E-state index in [1.54, 1.807) is 0 Å². The van der Waals surface area contributed by atoms with Crippen molar-refractivity contribution in [1.29, 1.82) is 0 Å². The van der Waals surface area contributed by atoms with Gasteiger partial charge in [-0.1, -0.05) is 60.7 Å². The van der Waals surface area contributed by atoms with E-state index in [1.807, 2.05) is 30.3 Å². The number of nitrogens with zero attached hydrogens (tertiary/aromatic N) is 2. The molecular weight excluding hydrogens is 296 g/mol. The lowest BCUT2D eigenvalue weighted by Crippen LogP contribution is -2.51. The fourth-order valence-electron chi connectivity index (χ4n) is 3.60. The third-order valence-corrected chi connectivity index (χ3v) is 5.35. The number of aliphatic hydroxyl groups is 1. The number of rotatable bonds is 5. The molecule has 128 valence electrons. The molecule has 0 bridgehead atoms. The summed E-state index contributed by atoms with van der Waals surface area (Å²) in [5, 5.41) is 10.6. The molecule has 3 atom stereocenters. The van der Waals surface area contributed by atoms with Gasteiger partial charge in [0.2, 0.25) is 0 Å². The lowest BCUT2D eigenvalue weighted by Gasteiger charge is -2.42. The van der Waals surface area contributed by atoms with Crippen LogP contribution in [0.4, 0.5) is 0 Å². The topological polar surface area (TPSA) is 26.7 Å². The van der Waals surface area contributed by atoms with Crippen molar-refractivity contribution in [3.63, 3.8) is 0 Å². The Bertz CT molecular complexity index is 608. The smallest absolute Gasteiger partial charge is 0.0942 e. The normalized spacial score (nSPS) is 20.5. The summed E-state index contributed by atoms with van der Waals surface area (Å²) in [6.07, 6.45) is -0.427. The highest BCUT2D eigenvalue weighted by molar-refractivity contribution is 5.19. The molecule has 1 aliphatic heterocycles. The average Bonchev–Trinajstić information content (AvgIpc) is 2.68. The van der Waals surface area contributed by atoms with Gasteiger partial charge in [0.25, 0.3) is 0 Å². The Labute approximate surface area is 145 Å². The van der Waals surface area contributed by atoms with Gasteiger partial charge in [-0.3, -0.25) is 9.80 Å². The van der Waals surface area contributed by atoms with Crippen molar-refractivity contribution >= 4 is 0 Å². The Morgan fingerprint density at radius 1 is 0.708 bits per heavy atom. The van der Waals surface area contributed by atoms with Crippen LogP contribution in [0.2, 0.25) is 0 Å². The van der Waals surface area contributed by atoms with Crippen LogP contribution in [0.5, 0.6) is 0 Å². The second-order valence-electron chi connectivity index (χ2n) is 6.75. The number of hydrogen-bond donors (Lipinski definition) is 1. The molecule has 0 aromatic heterocycles. The molecule has 0 amide bonds. The van der Waals surface area contributed by atoms with Crippen molar-refractivity contribution in [1.82, 2.24) is 9.80 Å². The number of piperazine rings is 1. The Balaban J connectivity index is 1.57. The molecule has 3 unspecified atom stereocenters. The van der Waals surface area contributed by atoms with Crippen molar-refractivity contribution in [2.45, 2.75) is 32.0 Å². The van der Waals surface area contributed by atoms with Gasteiger partial charge in [-0.15, -0.1) is 0 Å². The largest absolute Gasteiger partial charge is 0.387 e. The zero-order chi connectivity index (χ0) is 16.9. The summed E-state index contributed by atoms with van der Waals surface area (Å²) in [6.45, 7) is 8.51. The molecule has 1 fully saturated rings. The Hall–Kier alpha value is -1.68. The van der Waals surface area contributed by atoms with Crippen LogP contribution in [0.3, 0.4) is 0 Å². The molecule has 1 N–H and O–H groups in total. The van der Waals surface area contributed by atoms with E-state index < -0.39 is 6.10 Å². The van der Waals surface area contributed by atoms with Crippen LogP contribution in [0.25, 0.3) is 0 Å². The molecule has 1 saturated heterocycles. The second-order valence-corrected chi connectivity index (χ2v) is 6.75. The second kappa shape index (κ2) is 7.93. The Morgan fingerprint density at radius 3 is 1.71 bits per heavy atom. The van der Waals surface area contributed by atoms with Crippen LogP contribution in [0, 0.1) is 0 Å². The van der Waals surface area contributed by atoms with E-state index in [0.29, 0.717) is 6.04 Å². The molecule has 0 aliphatic carbocycles. The highest BCUT2D eigenvalue weighted by Gasteiger charge is 2.28. The van der Waals surface area contributed by atoms with Crippen LogP contribution in [0.15, 0.2) is 60.7 Å². The van der Waals surface area contributed by atoms with Crippen LogP contribution < -0.4 is 0 Å². The van der Waals surface area contributed by atoms with Gasteiger partial charge in [0, 0.05) is 38.3 Å².